The summed E-state index contributed by atoms with van der Waals surface area (Å²) in [4.78, 5) is 14.8. The van der Waals surface area contributed by atoms with E-state index in [1.54, 1.807) is 16.4 Å². The van der Waals surface area contributed by atoms with Crippen LogP contribution in [-0.4, -0.2) is 49.7 Å². The van der Waals surface area contributed by atoms with Gasteiger partial charge in [-0.3, -0.25) is 4.79 Å². The van der Waals surface area contributed by atoms with E-state index in [1.165, 1.54) is 5.56 Å². The number of hydrogen-bond donors (Lipinski definition) is 0. The molecule has 156 valence electrons. The summed E-state index contributed by atoms with van der Waals surface area (Å²) in [5, 5.41) is 0. The van der Waals surface area contributed by atoms with Crippen LogP contribution in [0.3, 0.4) is 0 Å². The molecule has 1 heterocycles. The van der Waals surface area contributed by atoms with Gasteiger partial charge in [-0.1, -0.05) is 42.5 Å². The number of sulfonamides is 1. The highest BCUT2D eigenvalue weighted by Crippen LogP contribution is 2.21. The fourth-order valence-electron chi connectivity index (χ4n) is 3.68. The minimum Gasteiger partial charge on any atom is -0.343 e. The lowest BCUT2D eigenvalue weighted by atomic mass is 10.1. The van der Waals surface area contributed by atoms with Gasteiger partial charge in [0, 0.05) is 32.6 Å². The monoisotopic (exact) mass is 414 g/mol. The van der Waals surface area contributed by atoms with Gasteiger partial charge < -0.3 is 4.90 Å². The second-order valence-corrected chi connectivity index (χ2v) is 9.40. The molecule has 1 fully saturated rings. The van der Waals surface area contributed by atoms with Crippen LogP contribution in [0.4, 0.5) is 0 Å². The third-order valence-corrected chi connectivity index (χ3v) is 7.41. The van der Waals surface area contributed by atoms with Crippen molar-refractivity contribution in [2.75, 3.05) is 26.2 Å². The second-order valence-electron chi connectivity index (χ2n) is 7.46. The normalized spacial score (nSPS) is 14.8. The first-order valence-corrected chi connectivity index (χ1v) is 11.9. The molecule has 2 aromatic rings. The second kappa shape index (κ2) is 10.0. The minimum atomic E-state index is -3.38. The van der Waals surface area contributed by atoms with Gasteiger partial charge in [0.1, 0.15) is 0 Å². The van der Waals surface area contributed by atoms with E-state index in [4.69, 9.17) is 0 Å². The lowest BCUT2D eigenvalue weighted by molar-refractivity contribution is -0.130. The highest BCUT2D eigenvalue weighted by atomic mass is 32.2. The number of likely N-dealkylation sites (N-methyl/N-ethyl adjacent to an activating group) is 1. The van der Waals surface area contributed by atoms with Gasteiger partial charge in [-0.05, 0) is 55.9 Å². The smallest absolute Gasteiger partial charge is 0.243 e. The van der Waals surface area contributed by atoms with E-state index < -0.39 is 10.0 Å². The number of carbonyl (C=O) groups excluding carboxylic acids is 1. The summed E-state index contributed by atoms with van der Waals surface area (Å²) in [7, 11) is -3.38. The van der Waals surface area contributed by atoms with Crippen LogP contribution in [0.25, 0.3) is 0 Å². The van der Waals surface area contributed by atoms with Gasteiger partial charge in [0.15, 0.2) is 0 Å². The minimum absolute atomic E-state index is 0.136. The molecule has 0 N–H and O–H groups in total. The van der Waals surface area contributed by atoms with Crippen molar-refractivity contribution >= 4 is 15.9 Å². The summed E-state index contributed by atoms with van der Waals surface area (Å²) >= 11 is 0. The van der Waals surface area contributed by atoms with Gasteiger partial charge in [0.25, 0.3) is 0 Å². The van der Waals surface area contributed by atoms with Gasteiger partial charge in [0.2, 0.25) is 15.9 Å². The van der Waals surface area contributed by atoms with Gasteiger partial charge in [-0.25, -0.2) is 8.42 Å². The summed E-state index contributed by atoms with van der Waals surface area (Å²) in [5.74, 6) is 0.136. The standard InChI is InChI=1S/C23H30N2O3S/c1-2-24(19-16-20-8-4-3-5-9-20)23(26)15-12-21-10-13-22(14-11-21)29(27,28)25-17-6-7-18-25/h3-5,8-11,13-14H,2,6-7,12,15-19H2,1H3. The molecule has 5 nitrogen and oxygen atoms in total. The van der Waals surface area contributed by atoms with E-state index in [9.17, 15) is 13.2 Å². The zero-order valence-electron chi connectivity index (χ0n) is 17.1. The summed E-state index contributed by atoms with van der Waals surface area (Å²) < 4.78 is 26.7. The van der Waals surface area contributed by atoms with Gasteiger partial charge in [0.05, 0.1) is 4.90 Å². The van der Waals surface area contributed by atoms with Gasteiger partial charge >= 0.3 is 0 Å². The zero-order valence-corrected chi connectivity index (χ0v) is 17.9. The molecule has 0 aliphatic carbocycles. The number of aryl methyl sites for hydroxylation is 1. The summed E-state index contributed by atoms with van der Waals surface area (Å²) in [6, 6.07) is 17.2. The Balaban J connectivity index is 1.52. The fourth-order valence-corrected chi connectivity index (χ4v) is 5.20. The van der Waals surface area contributed by atoms with Crippen LogP contribution in [0.15, 0.2) is 59.5 Å². The molecule has 1 saturated heterocycles. The molecule has 1 amide bonds. The van der Waals surface area contributed by atoms with Crippen molar-refractivity contribution in [3.63, 3.8) is 0 Å². The van der Waals surface area contributed by atoms with Crippen molar-refractivity contribution in [2.24, 2.45) is 0 Å². The van der Waals surface area contributed by atoms with Crippen molar-refractivity contribution in [1.82, 2.24) is 9.21 Å². The number of benzene rings is 2. The van der Waals surface area contributed by atoms with Crippen molar-refractivity contribution in [2.45, 2.75) is 43.9 Å². The SMILES string of the molecule is CCN(CCc1ccccc1)C(=O)CCc1ccc(S(=O)(=O)N2CCCC2)cc1. The molecule has 2 aromatic carbocycles. The van der Waals surface area contributed by atoms with E-state index in [0.717, 1.165) is 24.8 Å². The number of nitrogens with zero attached hydrogens (tertiary/aromatic N) is 2. The van der Waals surface area contributed by atoms with Crippen molar-refractivity contribution in [3.05, 3.63) is 65.7 Å². The maximum Gasteiger partial charge on any atom is 0.243 e. The highest BCUT2D eigenvalue weighted by molar-refractivity contribution is 7.89. The molecule has 0 radical (unpaired) electrons. The van der Waals surface area contributed by atoms with Crippen LogP contribution >= 0.6 is 0 Å². The predicted octanol–water partition coefficient (Wildman–Crippen LogP) is 3.49. The zero-order chi connectivity index (χ0) is 20.7. The van der Waals surface area contributed by atoms with Gasteiger partial charge in [-0.2, -0.15) is 4.31 Å². The summed E-state index contributed by atoms with van der Waals surface area (Å²) in [6.45, 7) is 4.62. The number of carbonyl (C=O) groups is 1. The van der Waals surface area contributed by atoms with Crippen LogP contribution in [-0.2, 0) is 27.7 Å². The van der Waals surface area contributed by atoms with Crippen molar-refractivity contribution < 1.29 is 13.2 Å². The van der Waals surface area contributed by atoms with Crippen LogP contribution in [0, 0.1) is 0 Å². The van der Waals surface area contributed by atoms with E-state index in [-0.39, 0.29) is 5.91 Å². The van der Waals surface area contributed by atoms with Crippen molar-refractivity contribution in [3.8, 4) is 0 Å². The van der Waals surface area contributed by atoms with E-state index >= 15 is 0 Å². The van der Waals surface area contributed by atoms with Crippen LogP contribution < -0.4 is 0 Å². The first-order valence-electron chi connectivity index (χ1n) is 10.4. The highest BCUT2D eigenvalue weighted by Gasteiger charge is 2.26. The quantitative estimate of drug-likeness (QED) is 0.631. The van der Waals surface area contributed by atoms with E-state index in [0.29, 0.717) is 43.9 Å². The Morgan fingerprint density at radius 1 is 0.931 bits per heavy atom. The van der Waals surface area contributed by atoms with Crippen molar-refractivity contribution in [1.29, 1.82) is 0 Å². The summed E-state index contributed by atoms with van der Waals surface area (Å²) in [6.07, 6.45) is 3.75. The predicted molar refractivity (Wildman–Crippen MR) is 115 cm³/mol. The lowest BCUT2D eigenvalue weighted by Gasteiger charge is -2.21. The molecule has 6 heteroatoms. The number of rotatable bonds is 9. The molecule has 0 atom stereocenters. The molecular formula is C23H30N2O3S. The summed E-state index contributed by atoms with van der Waals surface area (Å²) in [5.41, 5.74) is 2.21. The molecular weight excluding hydrogens is 384 g/mol. The van der Waals surface area contributed by atoms with E-state index in [1.807, 2.05) is 42.2 Å². The Morgan fingerprint density at radius 3 is 2.17 bits per heavy atom. The average Bonchev–Trinajstić information content (AvgIpc) is 3.30. The lowest BCUT2D eigenvalue weighted by Crippen LogP contribution is -2.32. The topological polar surface area (TPSA) is 57.7 Å². The van der Waals surface area contributed by atoms with Gasteiger partial charge in [-0.15, -0.1) is 0 Å². The third-order valence-electron chi connectivity index (χ3n) is 5.50. The molecule has 0 aromatic heterocycles. The Labute approximate surface area is 174 Å². The van der Waals surface area contributed by atoms with Crippen LogP contribution in [0.2, 0.25) is 0 Å². The maximum atomic E-state index is 12.6. The molecule has 1 aliphatic heterocycles. The fraction of sp³-hybridized carbons (Fsp3) is 0.435. The van der Waals surface area contributed by atoms with Crippen LogP contribution in [0.5, 0.6) is 0 Å². The Kier molecular flexibility index (Phi) is 7.45. The Morgan fingerprint density at radius 2 is 1.55 bits per heavy atom. The molecule has 1 aliphatic rings. The largest absolute Gasteiger partial charge is 0.343 e. The molecule has 0 spiro atoms. The molecule has 29 heavy (non-hydrogen) atoms. The number of hydrogen-bond acceptors (Lipinski definition) is 3. The third kappa shape index (κ3) is 5.67. The molecule has 3 rings (SSSR count). The average molecular weight is 415 g/mol. The van der Waals surface area contributed by atoms with E-state index in [2.05, 4.69) is 12.1 Å². The first-order chi connectivity index (χ1) is 14.0. The Bertz CT molecular complexity index is 889. The Hall–Kier alpha value is -2.18. The molecule has 0 bridgehead atoms. The first kappa shape index (κ1) is 21.5. The maximum absolute atomic E-state index is 12.6. The van der Waals surface area contributed by atoms with Crippen LogP contribution in [0.1, 0.15) is 37.3 Å². The molecule has 0 saturated carbocycles. The number of amides is 1. The molecule has 0 unspecified atom stereocenters.